The van der Waals surface area contributed by atoms with E-state index in [1.165, 1.54) is 28.3 Å². The van der Waals surface area contributed by atoms with Crippen molar-refractivity contribution in [2.45, 2.75) is 19.9 Å². The van der Waals surface area contributed by atoms with Gasteiger partial charge in [0, 0.05) is 22.9 Å². The van der Waals surface area contributed by atoms with Crippen LogP contribution >= 0.6 is 0 Å². The maximum atomic E-state index is 12.0. The summed E-state index contributed by atoms with van der Waals surface area (Å²) >= 11 is 0. The smallest absolute Gasteiger partial charge is 0.319 e. The first-order chi connectivity index (χ1) is 10.9. The monoisotopic (exact) mass is 320 g/mol. The highest BCUT2D eigenvalue weighted by molar-refractivity contribution is 5.98. The third-order valence-electron chi connectivity index (χ3n) is 3.70. The first kappa shape index (κ1) is 16.7. The number of benzene rings is 1. The fourth-order valence-electron chi connectivity index (χ4n) is 2.67. The summed E-state index contributed by atoms with van der Waals surface area (Å²) in [5, 5.41) is 5.36. The van der Waals surface area contributed by atoms with Crippen molar-refractivity contribution in [3.63, 3.8) is 0 Å². The summed E-state index contributed by atoms with van der Waals surface area (Å²) in [6.45, 7) is 3.15. The van der Waals surface area contributed by atoms with Crippen LogP contribution in [0.4, 0.5) is 4.79 Å². The van der Waals surface area contributed by atoms with Gasteiger partial charge >= 0.3 is 6.03 Å². The molecule has 0 spiro atoms. The van der Waals surface area contributed by atoms with Crippen LogP contribution in [0, 0.1) is 0 Å². The Kier molecular flexibility index (Phi) is 4.78. The second kappa shape index (κ2) is 6.60. The van der Waals surface area contributed by atoms with Crippen LogP contribution in [0.25, 0.3) is 0 Å². The van der Waals surface area contributed by atoms with Gasteiger partial charge in [0.2, 0.25) is 0 Å². The zero-order chi connectivity index (χ0) is 17.1. The predicted molar refractivity (Wildman–Crippen MR) is 83.9 cm³/mol. The van der Waals surface area contributed by atoms with Crippen LogP contribution in [0.15, 0.2) is 23.4 Å². The molecule has 124 valence electrons. The minimum atomic E-state index is -0.629. The first-order valence-electron chi connectivity index (χ1n) is 7.02. The van der Waals surface area contributed by atoms with Crippen molar-refractivity contribution >= 4 is 11.8 Å². The van der Waals surface area contributed by atoms with Crippen molar-refractivity contribution in [2.75, 3.05) is 21.3 Å². The van der Waals surface area contributed by atoms with E-state index in [9.17, 15) is 9.59 Å². The van der Waals surface area contributed by atoms with Crippen molar-refractivity contribution in [1.29, 1.82) is 0 Å². The Balaban J connectivity index is 2.65. The van der Waals surface area contributed by atoms with Crippen LogP contribution < -0.4 is 24.8 Å². The van der Waals surface area contributed by atoms with Gasteiger partial charge in [-0.1, -0.05) is 0 Å². The number of ketones is 1. The quantitative estimate of drug-likeness (QED) is 0.866. The number of hydrogen-bond donors (Lipinski definition) is 2. The van der Waals surface area contributed by atoms with Crippen LogP contribution in [-0.4, -0.2) is 33.1 Å². The molecule has 1 aliphatic heterocycles. The molecule has 0 fully saturated rings. The third-order valence-corrected chi connectivity index (χ3v) is 3.70. The van der Waals surface area contributed by atoms with Crippen LogP contribution in [-0.2, 0) is 4.79 Å². The van der Waals surface area contributed by atoms with Gasteiger partial charge in [-0.25, -0.2) is 4.79 Å². The molecule has 2 amide bonds. The summed E-state index contributed by atoms with van der Waals surface area (Å²) in [6.07, 6.45) is 0. The Hall–Kier alpha value is -2.70. The highest BCUT2D eigenvalue weighted by Crippen LogP contribution is 2.40. The summed E-state index contributed by atoms with van der Waals surface area (Å²) in [7, 11) is 4.55. The number of ether oxygens (including phenoxy) is 3. The van der Waals surface area contributed by atoms with Gasteiger partial charge in [-0.15, -0.1) is 0 Å². The number of rotatable bonds is 5. The molecule has 23 heavy (non-hydrogen) atoms. The molecule has 1 atom stereocenters. The molecule has 0 bridgehead atoms. The van der Waals surface area contributed by atoms with Gasteiger partial charge < -0.3 is 24.8 Å². The van der Waals surface area contributed by atoms with Crippen LogP contribution in [0.5, 0.6) is 17.2 Å². The average molecular weight is 320 g/mol. The van der Waals surface area contributed by atoms with E-state index < -0.39 is 6.04 Å². The first-order valence-corrected chi connectivity index (χ1v) is 7.02. The lowest BCUT2D eigenvalue weighted by Gasteiger charge is -2.29. The van der Waals surface area contributed by atoms with Crippen molar-refractivity contribution in [3.05, 3.63) is 29.0 Å². The molecular formula is C16H20N2O5. The Morgan fingerprint density at radius 3 is 2.13 bits per heavy atom. The van der Waals surface area contributed by atoms with E-state index in [2.05, 4.69) is 10.6 Å². The van der Waals surface area contributed by atoms with Crippen molar-refractivity contribution in [3.8, 4) is 17.2 Å². The number of methoxy groups -OCH3 is 3. The second-order valence-corrected chi connectivity index (χ2v) is 5.08. The summed E-state index contributed by atoms with van der Waals surface area (Å²) in [4.78, 5) is 23.9. The summed E-state index contributed by atoms with van der Waals surface area (Å²) < 4.78 is 16.0. The summed E-state index contributed by atoms with van der Waals surface area (Å²) in [5.41, 5.74) is 1.60. The molecule has 0 aromatic heterocycles. The Morgan fingerprint density at radius 2 is 1.61 bits per heavy atom. The van der Waals surface area contributed by atoms with E-state index in [0.717, 1.165) is 0 Å². The number of carbonyl (C=O) groups excluding carboxylic acids is 2. The molecule has 7 nitrogen and oxygen atoms in total. The van der Waals surface area contributed by atoms with Gasteiger partial charge in [0.25, 0.3) is 0 Å². The number of hydrogen-bond acceptors (Lipinski definition) is 5. The van der Waals surface area contributed by atoms with E-state index in [1.54, 1.807) is 19.1 Å². The van der Waals surface area contributed by atoms with Crippen molar-refractivity contribution in [2.24, 2.45) is 0 Å². The predicted octanol–water partition coefficient (Wildman–Crippen LogP) is 1.93. The molecule has 0 unspecified atom stereocenters. The molecule has 0 radical (unpaired) electrons. The Morgan fingerprint density at radius 1 is 1.04 bits per heavy atom. The van der Waals surface area contributed by atoms with Crippen LogP contribution in [0.1, 0.15) is 25.5 Å². The minimum absolute atomic E-state index is 0.142. The zero-order valence-electron chi connectivity index (χ0n) is 13.8. The molecule has 1 aliphatic rings. The van der Waals surface area contributed by atoms with Gasteiger partial charge in [0.05, 0.1) is 27.4 Å². The Bertz CT molecular complexity index is 681. The summed E-state index contributed by atoms with van der Waals surface area (Å²) in [5.74, 6) is 1.33. The molecule has 0 saturated carbocycles. The van der Waals surface area contributed by atoms with E-state index in [-0.39, 0.29) is 11.8 Å². The van der Waals surface area contributed by atoms with Gasteiger partial charge in [0.1, 0.15) is 5.75 Å². The van der Waals surface area contributed by atoms with Gasteiger partial charge in [-0.05, 0) is 19.9 Å². The average Bonchev–Trinajstić information content (AvgIpc) is 2.52. The Labute approximate surface area is 134 Å². The lowest BCUT2D eigenvalue weighted by atomic mass is 9.92. The number of amides is 2. The van der Waals surface area contributed by atoms with Crippen LogP contribution in [0.3, 0.4) is 0 Å². The molecule has 1 aromatic rings. The van der Waals surface area contributed by atoms with E-state index >= 15 is 0 Å². The number of carbonyl (C=O) groups is 2. The van der Waals surface area contributed by atoms with Crippen LogP contribution in [0.2, 0.25) is 0 Å². The minimum Gasteiger partial charge on any atom is -0.496 e. The summed E-state index contributed by atoms with van der Waals surface area (Å²) in [6, 6.07) is 2.35. The standard InChI is InChI=1S/C16H20N2O5/c1-8-14(9(2)19)15(18-16(20)17-8)10-6-12(22-4)13(23-5)7-11(10)21-3/h6-7,15H,1-5H3,(H2,17,18,20)/t15-/m1/s1. The van der Waals surface area contributed by atoms with Gasteiger partial charge in [-0.3, -0.25) is 4.79 Å². The number of urea groups is 1. The lowest BCUT2D eigenvalue weighted by molar-refractivity contribution is -0.114. The molecule has 0 aliphatic carbocycles. The maximum absolute atomic E-state index is 12.0. The largest absolute Gasteiger partial charge is 0.496 e. The van der Waals surface area contributed by atoms with Crippen molar-refractivity contribution in [1.82, 2.24) is 10.6 Å². The van der Waals surface area contributed by atoms with Crippen molar-refractivity contribution < 1.29 is 23.8 Å². The highest BCUT2D eigenvalue weighted by atomic mass is 16.5. The number of nitrogens with one attached hydrogen (secondary N) is 2. The molecule has 1 aromatic carbocycles. The molecule has 7 heteroatoms. The molecule has 2 rings (SSSR count). The maximum Gasteiger partial charge on any atom is 0.319 e. The zero-order valence-corrected chi connectivity index (χ0v) is 13.8. The van der Waals surface area contributed by atoms with Gasteiger partial charge in [-0.2, -0.15) is 0 Å². The molecule has 0 saturated heterocycles. The highest BCUT2D eigenvalue weighted by Gasteiger charge is 2.32. The number of Topliss-reactive ketones (excluding diaryl/α,β-unsaturated/α-hetero) is 1. The van der Waals surface area contributed by atoms with E-state index in [0.29, 0.717) is 34.1 Å². The second-order valence-electron chi connectivity index (χ2n) is 5.08. The molecule has 1 heterocycles. The topological polar surface area (TPSA) is 85.9 Å². The number of allylic oxidation sites excluding steroid dienone is 1. The molecule has 2 N–H and O–H groups in total. The fourth-order valence-corrected chi connectivity index (χ4v) is 2.67. The normalized spacial score (nSPS) is 17.3. The van der Waals surface area contributed by atoms with E-state index in [1.807, 2.05) is 0 Å². The lowest BCUT2D eigenvalue weighted by Crippen LogP contribution is -2.44. The SMILES string of the molecule is COc1cc(OC)c([C@H]2NC(=O)NC(C)=C2C(C)=O)cc1OC. The van der Waals surface area contributed by atoms with E-state index in [4.69, 9.17) is 14.2 Å². The molecular weight excluding hydrogens is 300 g/mol. The fraction of sp³-hybridized carbons (Fsp3) is 0.375. The third kappa shape index (κ3) is 3.08. The van der Waals surface area contributed by atoms with Gasteiger partial charge in [0.15, 0.2) is 17.3 Å².